The average Bonchev–Trinajstić information content (AvgIpc) is 2.39. The van der Waals surface area contributed by atoms with Gasteiger partial charge in [-0.25, -0.2) is 0 Å². The molecule has 0 aliphatic carbocycles. The number of rotatable bonds is 2. The number of anilines is 1. The Labute approximate surface area is 97.1 Å². The van der Waals surface area contributed by atoms with E-state index in [1.165, 1.54) is 11.3 Å². The molecule has 3 nitrogen and oxygen atoms in total. The van der Waals surface area contributed by atoms with Gasteiger partial charge in [-0.05, 0) is 25.5 Å². The van der Waals surface area contributed by atoms with Crippen molar-refractivity contribution in [1.82, 2.24) is 5.32 Å². The van der Waals surface area contributed by atoms with Crippen molar-refractivity contribution >= 4 is 5.69 Å². The molecule has 0 saturated carbocycles. The van der Waals surface area contributed by atoms with E-state index in [2.05, 4.69) is 41.4 Å². The number of hydrogen-bond acceptors (Lipinski definition) is 3. The van der Waals surface area contributed by atoms with Crippen LogP contribution in [0.1, 0.15) is 19.4 Å². The van der Waals surface area contributed by atoms with Crippen LogP contribution in [0.4, 0.5) is 5.69 Å². The second-order valence-corrected chi connectivity index (χ2v) is 4.66. The van der Waals surface area contributed by atoms with Crippen LogP contribution >= 0.6 is 0 Å². The monoisotopic (exact) mass is 220 g/mol. The molecule has 0 amide bonds. The minimum atomic E-state index is -0.293. The molecule has 2 rings (SSSR count). The second-order valence-electron chi connectivity index (χ2n) is 4.66. The summed E-state index contributed by atoms with van der Waals surface area (Å²) in [6.45, 7) is 6.57. The number of hydrogen-bond donors (Lipinski definition) is 2. The van der Waals surface area contributed by atoms with E-state index in [0.717, 1.165) is 13.1 Å². The van der Waals surface area contributed by atoms with Crippen LogP contribution in [0.25, 0.3) is 0 Å². The molecule has 3 heteroatoms. The van der Waals surface area contributed by atoms with Crippen molar-refractivity contribution in [2.75, 3.05) is 18.0 Å². The predicted molar refractivity (Wildman–Crippen MR) is 66.6 cm³/mol. The van der Waals surface area contributed by atoms with E-state index in [9.17, 15) is 5.11 Å². The van der Waals surface area contributed by atoms with Gasteiger partial charge in [0.1, 0.15) is 0 Å². The minimum Gasteiger partial charge on any atom is -0.392 e. The Balaban J connectivity index is 2.27. The topological polar surface area (TPSA) is 35.5 Å². The molecule has 1 aromatic carbocycles. The van der Waals surface area contributed by atoms with Gasteiger partial charge in [-0.3, -0.25) is 0 Å². The SMILES string of the molecule is CC(O)CN1CC(C)NCc2ccccc21. The Morgan fingerprint density at radius 1 is 1.50 bits per heavy atom. The summed E-state index contributed by atoms with van der Waals surface area (Å²) in [4.78, 5) is 2.27. The largest absolute Gasteiger partial charge is 0.392 e. The van der Waals surface area contributed by atoms with Gasteiger partial charge in [-0.15, -0.1) is 0 Å². The normalized spacial score (nSPS) is 22.4. The number of para-hydroxylation sites is 1. The lowest BCUT2D eigenvalue weighted by atomic mass is 10.1. The molecule has 1 heterocycles. The molecular weight excluding hydrogens is 200 g/mol. The molecule has 2 atom stereocenters. The van der Waals surface area contributed by atoms with Gasteiger partial charge in [0.2, 0.25) is 0 Å². The van der Waals surface area contributed by atoms with E-state index in [0.29, 0.717) is 12.6 Å². The molecular formula is C13H20N2O. The molecule has 0 bridgehead atoms. The van der Waals surface area contributed by atoms with Crippen molar-refractivity contribution in [3.8, 4) is 0 Å². The van der Waals surface area contributed by atoms with Gasteiger partial charge in [0.05, 0.1) is 6.10 Å². The Morgan fingerprint density at radius 2 is 2.25 bits per heavy atom. The summed E-state index contributed by atoms with van der Waals surface area (Å²) >= 11 is 0. The van der Waals surface area contributed by atoms with Crippen molar-refractivity contribution in [2.24, 2.45) is 0 Å². The first kappa shape index (κ1) is 11.4. The fraction of sp³-hybridized carbons (Fsp3) is 0.538. The molecule has 2 N–H and O–H groups in total. The summed E-state index contributed by atoms with van der Waals surface area (Å²) in [5.74, 6) is 0. The zero-order chi connectivity index (χ0) is 11.5. The Hall–Kier alpha value is -1.06. The summed E-state index contributed by atoms with van der Waals surface area (Å²) in [6.07, 6.45) is -0.293. The van der Waals surface area contributed by atoms with Crippen molar-refractivity contribution in [2.45, 2.75) is 32.5 Å². The Bertz CT molecular complexity index is 352. The quantitative estimate of drug-likeness (QED) is 0.790. The minimum absolute atomic E-state index is 0.293. The van der Waals surface area contributed by atoms with Gasteiger partial charge >= 0.3 is 0 Å². The van der Waals surface area contributed by atoms with Gasteiger partial charge in [0, 0.05) is 31.4 Å². The smallest absolute Gasteiger partial charge is 0.0687 e. The third-order valence-electron chi connectivity index (χ3n) is 2.95. The van der Waals surface area contributed by atoms with E-state index in [4.69, 9.17) is 0 Å². The van der Waals surface area contributed by atoms with Crippen LogP contribution in [-0.4, -0.2) is 30.3 Å². The Morgan fingerprint density at radius 3 is 3.00 bits per heavy atom. The highest BCUT2D eigenvalue weighted by molar-refractivity contribution is 5.54. The van der Waals surface area contributed by atoms with Gasteiger partial charge in [0.25, 0.3) is 0 Å². The molecule has 0 spiro atoms. The van der Waals surface area contributed by atoms with Crippen molar-refractivity contribution in [1.29, 1.82) is 0 Å². The molecule has 1 aliphatic rings. The summed E-state index contributed by atoms with van der Waals surface area (Å²) in [5, 5.41) is 13.0. The maximum absolute atomic E-state index is 9.55. The molecule has 1 aromatic rings. The third kappa shape index (κ3) is 2.54. The van der Waals surface area contributed by atoms with Crippen LogP contribution in [0.3, 0.4) is 0 Å². The van der Waals surface area contributed by atoms with E-state index >= 15 is 0 Å². The van der Waals surface area contributed by atoms with Gasteiger partial charge in [0.15, 0.2) is 0 Å². The number of β-amino-alcohol motifs (C(OH)–C–C–N with tert-alkyl or cyclic N) is 1. The number of benzene rings is 1. The van der Waals surface area contributed by atoms with Crippen LogP contribution in [0, 0.1) is 0 Å². The zero-order valence-corrected chi connectivity index (χ0v) is 9.98. The van der Waals surface area contributed by atoms with Crippen molar-refractivity contribution in [3.63, 3.8) is 0 Å². The first-order chi connectivity index (χ1) is 7.66. The highest BCUT2D eigenvalue weighted by Crippen LogP contribution is 2.23. The van der Waals surface area contributed by atoms with E-state index in [1.807, 2.05) is 6.92 Å². The maximum Gasteiger partial charge on any atom is 0.0687 e. The van der Waals surface area contributed by atoms with Crippen molar-refractivity contribution in [3.05, 3.63) is 29.8 Å². The highest BCUT2D eigenvalue weighted by atomic mass is 16.3. The molecule has 16 heavy (non-hydrogen) atoms. The lowest BCUT2D eigenvalue weighted by Crippen LogP contribution is -2.39. The number of aliphatic hydroxyl groups is 1. The molecule has 0 radical (unpaired) electrons. The van der Waals surface area contributed by atoms with Crippen LogP contribution in [0.5, 0.6) is 0 Å². The molecule has 88 valence electrons. The lowest BCUT2D eigenvalue weighted by Gasteiger charge is -2.27. The zero-order valence-electron chi connectivity index (χ0n) is 9.98. The summed E-state index contributed by atoms with van der Waals surface area (Å²) in [7, 11) is 0. The summed E-state index contributed by atoms with van der Waals surface area (Å²) in [6, 6.07) is 8.86. The average molecular weight is 220 g/mol. The lowest BCUT2D eigenvalue weighted by molar-refractivity contribution is 0.199. The Kier molecular flexibility index (Phi) is 3.46. The van der Waals surface area contributed by atoms with Crippen LogP contribution in [0.2, 0.25) is 0 Å². The number of nitrogens with one attached hydrogen (secondary N) is 1. The van der Waals surface area contributed by atoms with Gasteiger partial charge in [-0.2, -0.15) is 0 Å². The third-order valence-corrected chi connectivity index (χ3v) is 2.95. The summed E-state index contributed by atoms with van der Waals surface area (Å²) in [5.41, 5.74) is 2.56. The van der Waals surface area contributed by atoms with E-state index in [-0.39, 0.29) is 6.10 Å². The predicted octanol–water partition coefficient (Wildman–Crippen LogP) is 1.37. The number of aliphatic hydroxyl groups excluding tert-OH is 1. The standard InChI is InChI=1S/C13H20N2O/c1-10-8-15(9-11(2)16)13-6-4-3-5-12(13)7-14-10/h3-6,10-11,14,16H,7-9H2,1-2H3. The molecule has 0 saturated heterocycles. The van der Waals surface area contributed by atoms with Crippen LogP contribution < -0.4 is 10.2 Å². The van der Waals surface area contributed by atoms with E-state index in [1.54, 1.807) is 0 Å². The number of nitrogens with zero attached hydrogens (tertiary/aromatic N) is 1. The van der Waals surface area contributed by atoms with Crippen LogP contribution in [0.15, 0.2) is 24.3 Å². The molecule has 0 fully saturated rings. The van der Waals surface area contributed by atoms with Gasteiger partial charge < -0.3 is 15.3 Å². The molecule has 2 unspecified atom stereocenters. The van der Waals surface area contributed by atoms with Crippen LogP contribution in [-0.2, 0) is 6.54 Å². The fourth-order valence-corrected chi connectivity index (χ4v) is 2.24. The van der Waals surface area contributed by atoms with Crippen molar-refractivity contribution < 1.29 is 5.11 Å². The first-order valence-corrected chi connectivity index (χ1v) is 5.91. The maximum atomic E-state index is 9.55. The van der Waals surface area contributed by atoms with E-state index < -0.39 is 0 Å². The fourth-order valence-electron chi connectivity index (χ4n) is 2.24. The first-order valence-electron chi connectivity index (χ1n) is 5.91. The highest BCUT2D eigenvalue weighted by Gasteiger charge is 2.19. The number of fused-ring (bicyclic) bond motifs is 1. The molecule has 0 aromatic heterocycles. The molecule has 1 aliphatic heterocycles. The van der Waals surface area contributed by atoms with Gasteiger partial charge in [-0.1, -0.05) is 18.2 Å². The second kappa shape index (κ2) is 4.85. The summed E-state index contributed by atoms with van der Waals surface area (Å²) < 4.78 is 0.